The minimum absolute atomic E-state index is 0.0744. The topological polar surface area (TPSA) is 86.1 Å². The summed E-state index contributed by atoms with van der Waals surface area (Å²) >= 11 is 1.18. The maximum Gasteiger partial charge on any atom is 0.274 e. The Morgan fingerprint density at radius 1 is 1.57 bits per heavy atom. The Kier molecular flexibility index (Phi) is 3.96. The summed E-state index contributed by atoms with van der Waals surface area (Å²) in [6.45, 7) is 3.17. The lowest BCUT2D eigenvalue weighted by molar-refractivity contribution is 0.185. The number of aromatic nitrogens is 3. The highest BCUT2D eigenvalue weighted by atomic mass is 32.2. The molecule has 0 saturated carbocycles. The van der Waals surface area contributed by atoms with E-state index in [0.29, 0.717) is 19.0 Å². The van der Waals surface area contributed by atoms with Crippen molar-refractivity contribution in [2.24, 2.45) is 0 Å². The number of thiazole rings is 1. The Labute approximate surface area is 127 Å². The van der Waals surface area contributed by atoms with Crippen LogP contribution in [0.5, 0.6) is 0 Å². The molecule has 1 aliphatic rings. The lowest BCUT2D eigenvalue weighted by atomic mass is 10.3. The van der Waals surface area contributed by atoms with Gasteiger partial charge in [0.25, 0.3) is 10.0 Å². The maximum absolute atomic E-state index is 12.4. The molecular weight excluding hydrogens is 312 g/mol. The molecular formula is C12H16N4O3S2. The predicted octanol–water partition coefficient (Wildman–Crippen LogP) is 1.66. The van der Waals surface area contributed by atoms with Crippen LogP contribution in [0.3, 0.4) is 0 Å². The first kappa shape index (κ1) is 14.5. The fraction of sp³-hybridized carbons (Fsp3) is 0.500. The molecule has 1 unspecified atom stereocenters. The molecule has 114 valence electrons. The van der Waals surface area contributed by atoms with Crippen LogP contribution in [0.4, 0.5) is 5.82 Å². The van der Waals surface area contributed by atoms with Crippen molar-refractivity contribution < 1.29 is 13.2 Å². The molecule has 0 aromatic carbocycles. The minimum atomic E-state index is -3.62. The molecule has 1 aliphatic heterocycles. The number of nitrogens with one attached hydrogen (secondary N) is 1. The Balaban J connectivity index is 1.84. The van der Waals surface area contributed by atoms with E-state index in [1.165, 1.54) is 17.5 Å². The fourth-order valence-corrected chi connectivity index (χ4v) is 4.34. The normalized spacial score (nSPS) is 19.0. The fourth-order valence-electron chi connectivity index (χ4n) is 2.17. The van der Waals surface area contributed by atoms with Gasteiger partial charge in [0.1, 0.15) is 5.82 Å². The number of nitrogens with zero attached hydrogens (tertiary/aromatic N) is 3. The van der Waals surface area contributed by atoms with Gasteiger partial charge >= 0.3 is 0 Å². The number of anilines is 1. The average molecular weight is 328 g/mol. The molecule has 2 aromatic heterocycles. The van der Waals surface area contributed by atoms with E-state index in [2.05, 4.69) is 14.8 Å². The molecule has 3 rings (SSSR count). The quantitative estimate of drug-likeness (QED) is 0.902. The largest absolute Gasteiger partial charge is 0.379 e. The highest BCUT2D eigenvalue weighted by Gasteiger charge is 2.24. The predicted molar refractivity (Wildman–Crippen MR) is 79.0 cm³/mol. The van der Waals surface area contributed by atoms with Gasteiger partial charge in [-0.1, -0.05) is 6.92 Å². The zero-order valence-corrected chi connectivity index (χ0v) is 13.2. The highest BCUT2D eigenvalue weighted by Crippen LogP contribution is 2.26. The molecule has 7 nitrogen and oxygen atoms in total. The number of aryl methyl sites for hydroxylation is 1. The van der Waals surface area contributed by atoms with Crippen molar-refractivity contribution in [2.75, 3.05) is 17.9 Å². The summed E-state index contributed by atoms with van der Waals surface area (Å²) in [7, 11) is -3.62. The van der Waals surface area contributed by atoms with E-state index in [0.717, 1.165) is 17.8 Å². The minimum Gasteiger partial charge on any atom is -0.379 e. The van der Waals surface area contributed by atoms with E-state index in [1.54, 1.807) is 16.9 Å². The number of hydrogen-bond acceptors (Lipinski definition) is 6. The van der Waals surface area contributed by atoms with E-state index in [4.69, 9.17) is 4.74 Å². The van der Waals surface area contributed by atoms with Crippen LogP contribution in [0.25, 0.3) is 0 Å². The third kappa shape index (κ3) is 2.94. The van der Waals surface area contributed by atoms with E-state index < -0.39 is 10.0 Å². The molecule has 1 fully saturated rings. The van der Waals surface area contributed by atoms with Crippen molar-refractivity contribution in [3.63, 3.8) is 0 Å². The van der Waals surface area contributed by atoms with Gasteiger partial charge in [0, 0.05) is 12.7 Å². The Hall–Kier alpha value is -1.45. The van der Waals surface area contributed by atoms with Gasteiger partial charge in [-0.15, -0.1) is 11.3 Å². The molecule has 21 heavy (non-hydrogen) atoms. The first-order valence-corrected chi connectivity index (χ1v) is 8.99. The Morgan fingerprint density at radius 3 is 3.10 bits per heavy atom. The van der Waals surface area contributed by atoms with Crippen molar-refractivity contribution in [3.8, 4) is 0 Å². The van der Waals surface area contributed by atoms with E-state index in [9.17, 15) is 8.42 Å². The smallest absolute Gasteiger partial charge is 0.274 e. The summed E-state index contributed by atoms with van der Waals surface area (Å²) in [5, 5.41) is 4.99. The molecule has 0 amide bonds. The van der Waals surface area contributed by atoms with Gasteiger partial charge in [-0.05, 0) is 12.8 Å². The van der Waals surface area contributed by atoms with Gasteiger partial charge in [-0.25, -0.2) is 18.1 Å². The second kappa shape index (κ2) is 5.74. The maximum atomic E-state index is 12.4. The first-order valence-electron chi connectivity index (χ1n) is 6.69. The van der Waals surface area contributed by atoms with Crippen molar-refractivity contribution in [3.05, 3.63) is 23.5 Å². The zero-order valence-electron chi connectivity index (χ0n) is 11.5. The van der Waals surface area contributed by atoms with Crippen LogP contribution in [0.2, 0.25) is 0 Å². The third-order valence-electron chi connectivity index (χ3n) is 3.26. The van der Waals surface area contributed by atoms with Gasteiger partial charge in [0.05, 0.1) is 30.1 Å². The van der Waals surface area contributed by atoms with Crippen LogP contribution in [-0.4, -0.2) is 36.4 Å². The van der Waals surface area contributed by atoms with E-state index >= 15 is 0 Å². The van der Waals surface area contributed by atoms with E-state index in [1.807, 2.05) is 6.92 Å². The molecule has 0 aliphatic carbocycles. The molecule has 1 atom stereocenters. The molecule has 0 spiro atoms. The van der Waals surface area contributed by atoms with Crippen molar-refractivity contribution in [2.45, 2.75) is 30.0 Å². The summed E-state index contributed by atoms with van der Waals surface area (Å²) in [6.07, 6.45) is 4.53. The molecule has 0 bridgehead atoms. The van der Waals surface area contributed by atoms with Gasteiger partial charge in [0.15, 0.2) is 4.21 Å². The van der Waals surface area contributed by atoms with Crippen LogP contribution in [0.1, 0.15) is 24.4 Å². The SMILES string of the molecule is CCc1ncc(S(=O)(=O)Nc2ccnn2C2CCOC2)s1. The van der Waals surface area contributed by atoms with Gasteiger partial charge in [-0.2, -0.15) is 5.10 Å². The molecule has 9 heteroatoms. The van der Waals surface area contributed by atoms with Gasteiger partial charge in [-0.3, -0.25) is 4.72 Å². The second-order valence-corrected chi connectivity index (χ2v) is 7.73. The van der Waals surface area contributed by atoms with Crippen LogP contribution < -0.4 is 4.72 Å². The van der Waals surface area contributed by atoms with Crippen molar-refractivity contribution in [1.82, 2.24) is 14.8 Å². The average Bonchev–Trinajstić information content (AvgIpc) is 3.19. The lowest BCUT2D eigenvalue weighted by Gasteiger charge is -2.13. The van der Waals surface area contributed by atoms with Crippen LogP contribution in [0.15, 0.2) is 22.7 Å². The Morgan fingerprint density at radius 2 is 2.43 bits per heavy atom. The van der Waals surface area contributed by atoms with Crippen molar-refractivity contribution >= 4 is 27.2 Å². The van der Waals surface area contributed by atoms with Crippen molar-refractivity contribution in [1.29, 1.82) is 0 Å². The van der Waals surface area contributed by atoms with Gasteiger partial charge in [0.2, 0.25) is 0 Å². The second-order valence-electron chi connectivity index (χ2n) is 4.71. The summed E-state index contributed by atoms with van der Waals surface area (Å²) in [5.41, 5.74) is 0. The Bertz CT molecular complexity index is 716. The van der Waals surface area contributed by atoms with Gasteiger partial charge < -0.3 is 4.74 Å². The van der Waals surface area contributed by atoms with Crippen LogP contribution >= 0.6 is 11.3 Å². The standard InChI is InChI=1S/C12H16N4O3S2/c1-2-11-13-7-12(20-11)21(17,18)15-10-3-5-14-16(10)9-4-6-19-8-9/h3,5,7,9,15H,2,4,6,8H2,1H3. The van der Waals surface area contributed by atoms with Crippen LogP contribution in [0, 0.1) is 0 Å². The van der Waals surface area contributed by atoms with E-state index in [-0.39, 0.29) is 10.3 Å². The number of ether oxygens (including phenoxy) is 1. The highest BCUT2D eigenvalue weighted by molar-refractivity contribution is 7.94. The number of hydrogen-bond donors (Lipinski definition) is 1. The third-order valence-corrected chi connectivity index (χ3v) is 6.22. The summed E-state index contributed by atoms with van der Waals surface area (Å²) < 4.78 is 34.6. The molecule has 1 saturated heterocycles. The first-order chi connectivity index (χ1) is 10.1. The lowest BCUT2D eigenvalue weighted by Crippen LogP contribution is -2.18. The number of sulfonamides is 1. The zero-order chi connectivity index (χ0) is 14.9. The number of rotatable bonds is 5. The summed E-state index contributed by atoms with van der Waals surface area (Å²) in [4.78, 5) is 4.09. The molecule has 0 radical (unpaired) electrons. The summed E-state index contributed by atoms with van der Waals surface area (Å²) in [6, 6.07) is 1.72. The monoisotopic (exact) mass is 328 g/mol. The molecule has 3 heterocycles. The molecule has 1 N–H and O–H groups in total. The molecule has 2 aromatic rings. The summed E-state index contributed by atoms with van der Waals surface area (Å²) in [5.74, 6) is 0.456. The van der Waals surface area contributed by atoms with Crippen LogP contribution in [-0.2, 0) is 21.2 Å².